The Morgan fingerprint density at radius 2 is 2.25 bits per heavy atom. The standard InChI is InChI=1S/C14H19N3O3/c1-3-14(13(19)20)6-4-8-17(14)12-10(11(15)18)9(2)5-7-16-12/h5,7H,3-4,6,8H2,1-2H3,(H2,15,18)(H,19,20). The number of pyridine rings is 1. The van der Waals surface area contributed by atoms with Crippen molar-refractivity contribution >= 4 is 17.7 Å². The molecule has 1 saturated heterocycles. The molecule has 2 heterocycles. The highest BCUT2D eigenvalue weighted by Crippen LogP contribution is 2.38. The van der Waals surface area contributed by atoms with Gasteiger partial charge < -0.3 is 15.7 Å². The Morgan fingerprint density at radius 1 is 1.55 bits per heavy atom. The third-order valence-corrected chi connectivity index (χ3v) is 4.11. The fraction of sp³-hybridized carbons (Fsp3) is 0.500. The summed E-state index contributed by atoms with van der Waals surface area (Å²) in [5, 5.41) is 9.61. The third kappa shape index (κ3) is 2.01. The average Bonchev–Trinajstić information content (AvgIpc) is 2.82. The largest absolute Gasteiger partial charge is 0.479 e. The zero-order valence-corrected chi connectivity index (χ0v) is 11.7. The van der Waals surface area contributed by atoms with Crippen LogP contribution in [0.25, 0.3) is 0 Å². The number of carboxylic acids is 1. The van der Waals surface area contributed by atoms with Gasteiger partial charge in [0.05, 0.1) is 5.56 Å². The predicted octanol–water partition coefficient (Wildman–Crippen LogP) is 1.32. The summed E-state index contributed by atoms with van der Waals surface area (Å²) in [5.74, 6) is -1.07. The summed E-state index contributed by atoms with van der Waals surface area (Å²) in [4.78, 5) is 29.4. The Bertz CT molecular complexity index is 559. The second-order valence-electron chi connectivity index (χ2n) is 5.14. The van der Waals surface area contributed by atoms with Crippen molar-refractivity contribution in [3.05, 3.63) is 23.4 Å². The van der Waals surface area contributed by atoms with E-state index in [9.17, 15) is 14.7 Å². The number of carbonyl (C=O) groups excluding carboxylic acids is 1. The fourth-order valence-corrected chi connectivity index (χ4v) is 2.98. The maximum Gasteiger partial charge on any atom is 0.329 e. The van der Waals surface area contributed by atoms with Gasteiger partial charge in [-0.1, -0.05) is 6.92 Å². The summed E-state index contributed by atoms with van der Waals surface area (Å²) < 4.78 is 0. The minimum atomic E-state index is -0.995. The maximum atomic E-state index is 11.7. The van der Waals surface area contributed by atoms with Crippen LogP contribution in [0.4, 0.5) is 5.82 Å². The molecule has 20 heavy (non-hydrogen) atoms. The fourth-order valence-electron chi connectivity index (χ4n) is 2.98. The van der Waals surface area contributed by atoms with Gasteiger partial charge >= 0.3 is 5.97 Å². The van der Waals surface area contributed by atoms with Crippen LogP contribution in [0.5, 0.6) is 0 Å². The molecule has 0 saturated carbocycles. The van der Waals surface area contributed by atoms with E-state index in [2.05, 4.69) is 4.98 Å². The van der Waals surface area contributed by atoms with Gasteiger partial charge in [-0.05, 0) is 37.8 Å². The number of anilines is 1. The topological polar surface area (TPSA) is 96.5 Å². The number of aromatic nitrogens is 1. The lowest BCUT2D eigenvalue weighted by atomic mass is 9.92. The molecule has 6 nitrogen and oxygen atoms in total. The number of primary amides is 1. The molecule has 0 aromatic carbocycles. The number of nitrogens with zero attached hydrogens (tertiary/aromatic N) is 2. The highest BCUT2D eigenvalue weighted by molar-refractivity contribution is 6.00. The van der Waals surface area contributed by atoms with Gasteiger partial charge in [0.2, 0.25) is 0 Å². The number of hydrogen-bond acceptors (Lipinski definition) is 4. The average molecular weight is 277 g/mol. The molecular formula is C14H19N3O3. The number of amides is 1. The highest BCUT2D eigenvalue weighted by atomic mass is 16.4. The molecule has 1 unspecified atom stereocenters. The molecule has 0 bridgehead atoms. The molecule has 1 fully saturated rings. The highest BCUT2D eigenvalue weighted by Gasteiger charge is 2.47. The summed E-state index contributed by atoms with van der Waals surface area (Å²) in [5.41, 5.74) is 5.47. The van der Waals surface area contributed by atoms with E-state index < -0.39 is 17.4 Å². The molecular weight excluding hydrogens is 258 g/mol. The van der Waals surface area contributed by atoms with Crippen molar-refractivity contribution in [1.29, 1.82) is 0 Å². The van der Waals surface area contributed by atoms with Crippen molar-refractivity contribution in [3.8, 4) is 0 Å². The molecule has 0 spiro atoms. The van der Waals surface area contributed by atoms with Crippen molar-refractivity contribution in [1.82, 2.24) is 4.98 Å². The molecule has 1 aromatic rings. The maximum absolute atomic E-state index is 11.7. The number of hydrogen-bond donors (Lipinski definition) is 2. The minimum absolute atomic E-state index is 0.313. The Morgan fingerprint density at radius 3 is 2.80 bits per heavy atom. The summed E-state index contributed by atoms with van der Waals surface area (Å²) >= 11 is 0. The van der Waals surface area contributed by atoms with Crippen LogP contribution in [0.2, 0.25) is 0 Å². The zero-order chi connectivity index (χ0) is 14.9. The third-order valence-electron chi connectivity index (χ3n) is 4.11. The van der Waals surface area contributed by atoms with Crippen molar-refractivity contribution < 1.29 is 14.7 Å². The first kappa shape index (κ1) is 14.3. The van der Waals surface area contributed by atoms with Gasteiger partial charge in [-0.15, -0.1) is 0 Å². The second-order valence-corrected chi connectivity index (χ2v) is 5.14. The molecule has 1 aliphatic rings. The lowest BCUT2D eigenvalue weighted by molar-refractivity contribution is -0.143. The van der Waals surface area contributed by atoms with E-state index in [1.807, 2.05) is 6.92 Å². The second kappa shape index (κ2) is 5.11. The molecule has 1 atom stereocenters. The van der Waals surface area contributed by atoms with Gasteiger partial charge in [-0.25, -0.2) is 9.78 Å². The normalized spacial score (nSPS) is 22.0. The minimum Gasteiger partial charge on any atom is -0.479 e. The molecule has 1 aliphatic heterocycles. The zero-order valence-electron chi connectivity index (χ0n) is 11.7. The molecule has 1 aromatic heterocycles. The van der Waals surface area contributed by atoms with Crippen LogP contribution in [-0.2, 0) is 4.79 Å². The number of carbonyl (C=O) groups is 2. The van der Waals surface area contributed by atoms with Crippen LogP contribution >= 0.6 is 0 Å². The Kier molecular flexibility index (Phi) is 3.65. The van der Waals surface area contributed by atoms with E-state index in [-0.39, 0.29) is 0 Å². The Hall–Kier alpha value is -2.11. The van der Waals surface area contributed by atoms with E-state index in [1.165, 1.54) is 0 Å². The Balaban J connectivity index is 2.59. The lowest BCUT2D eigenvalue weighted by Crippen LogP contribution is -2.51. The van der Waals surface area contributed by atoms with Crippen LogP contribution in [-0.4, -0.2) is 34.1 Å². The smallest absolute Gasteiger partial charge is 0.329 e. The monoisotopic (exact) mass is 277 g/mol. The van der Waals surface area contributed by atoms with Gasteiger partial charge in [-0.2, -0.15) is 0 Å². The summed E-state index contributed by atoms with van der Waals surface area (Å²) in [6, 6.07) is 1.70. The van der Waals surface area contributed by atoms with E-state index in [0.717, 1.165) is 6.42 Å². The number of nitrogens with two attached hydrogens (primary N) is 1. The first-order valence-corrected chi connectivity index (χ1v) is 6.70. The van der Waals surface area contributed by atoms with Crippen molar-refractivity contribution in [2.75, 3.05) is 11.4 Å². The summed E-state index contributed by atoms with van der Waals surface area (Å²) in [6.07, 6.45) is 3.34. The molecule has 0 radical (unpaired) electrons. The van der Waals surface area contributed by atoms with E-state index in [4.69, 9.17) is 5.73 Å². The lowest BCUT2D eigenvalue weighted by Gasteiger charge is -2.35. The van der Waals surface area contributed by atoms with E-state index in [1.54, 1.807) is 24.1 Å². The molecule has 3 N–H and O–H groups in total. The van der Waals surface area contributed by atoms with E-state index >= 15 is 0 Å². The van der Waals surface area contributed by atoms with Crippen molar-refractivity contribution in [3.63, 3.8) is 0 Å². The number of carboxylic acid groups (broad SMARTS) is 1. The van der Waals surface area contributed by atoms with Gasteiger partial charge in [0, 0.05) is 12.7 Å². The van der Waals surface area contributed by atoms with Crippen LogP contribution in [0.15, 0.2) is 12.3 Å². The molecule has 0 aliphatic carbocycles. The van der Waals surface area contributed by atoms with Crippen molar-refractivity contribution in [2.45, 2.75) is 38.6 Å². The number of rotatable bonds is 4. The SMILES string of the molecule is CCC1(C(=O)O)CCCN1c1nccc(C)c1C(N)=O. The summed E-state index contributed by atoms with van der Waals surface area (Å²) in [7, 11) is 0. The Labute approximate surface area is 117 Å². The molecule has 2 rings (SSSR count). The number of aliphatic carboxylic acids is 1. The first-order valence-electron chi connectivity index (χ1n) is 6.70. The van der Waals surface area contributed by atoms with Crippen LogP contribution < -0.4 is 10.6 Å². The van der Waals surface area contributed by atoms with Gasteiger partial charge in [0.1, 0.15) is 11.4 Å². The van der Waals surface area contributed by atoms with Crippen LogP contribution in [0.3, 0.4) is 0 Å². The molecule has 6 heteroatoms. The molecule has 108 valence electrons. The first-order chi connectivity index (χ1) is 9.44. The molecule has 1 amide bonds. The quantitative estimate of drug-likeness (QED) is 0.865. The summed E-state index contributed by atoms with van der Waals surface area (Å²) in [6.45, 7) is 4.18. The van der Waals surface area contributed by atoms with Crippen LogP contribution in [0, 0.1) is 6.92 Å². The van der Waals surface area contributed by atoms with Crippen LogP contribution in [0.1, 0.15) is 42.1 Å². The number of aryl methyl sites for hydroxylation is 1. The van der Waals surface area contributed by atoms with E-state index in [0.29, 0.717) is 36.3 Å². The van der Waals surface area contributed by atoms with Gasteiger partial charge in [0.25, 0.3) is 5.91 Å². The van der Waals surface area contributed by atoms with Gasteiger partial charge in [-0.3, -0.25) is 4.79 Å². The van der Waals surface area contributed by atoms with Crippen molar-refractivity contribution in [2.24, 2.45) is 5.73 Å². The predicted molar refractivity (Wildman–Crippen MR) is 74.7 cm³/mol. The van der Waals surface area contributed by atoms with Gasteiger partial charge in [0.15, 0.2) is 0 Å².